The van der Waals surface area contributed by atoms with Gasteiger partial charge in [-0.05, 0) is 62.4 Å². The Balaban J connectivity index is 1.14. The molecular weight excluding hydrogens is 601 g/mol. The van der Waals surface area contributed by atoms with Crippen LogP contribution < -0.4 is 20.9 Å². The van der Waals surface area contributed by atoms with Crippen LogP contribution in [0.2, 0.25) is 0 Å². The number of amidine groups is 1. The van der Waals surface area contributed by atoms with Gasteiger partial charge in [-0.1, -0.05) is 0 Å². The van der Waals surface area contributed by atoms with Crippen LogP contribution in [0.4, 0.5) is 21.6 Å². The van der Waals surface area contributed by atoms with Crippen molar-refractivity contribution in [3.05, 3.63) is 77.5 Å². The Kier molecular flexibility index (Phi) is 10.5. The molecule has 47 heavy (non-hydrogen) atoms. The van der Waals surface area contributed by atoms with Crippen LogP contribution in [0.3, 0.4) is 0 Å². The number of carbonyl (C=O) groups is 2. The van der Waals surface area contributed by atoms with Crippen molar-refractivity contribution in [2.45, 2.75) is 13.3 Å². The third-order valence-electron chi connectivity index (χ3n) is 8.46. The van der Waals surface area contributed by atoms with Crippen LogP contribution in [-0.2, 0) is 9.59 Å². The number of nitrogens with zero attached hydrogens (tertiary/aromatic N) is 7. The molecule has 246 valence electrons. The molecule has 1 atom stereocenters. The molecule has 0 bridgehead atoms. The minimum atomic E-state index is -0.494. The van der Waals surface area contributed by atoms with Gasteiger partial charge in [0.05, 0.1) is 36.4 Å². The average Bonchev–Trinajstić information content (AvgIpc) is 3.56. The topological polar surface area (TPSA) is 171 Å². The molecule has 0 aliphatic carbocycles. The second-order valence-electron chi connectivity index (χ2n) is 11.5. The maximum atomic E-state index is 13.7. The van der Waals surface area contributed by atoms with E-state index in [-0.39, 0.29) is 41.5 Å². The van der Waals surface area contributed by atoms with Gasteiger partial charge in [0.1, 0.15) is 11.6 Å². The number of piperazine rings is 1. The molecule has 2 amide bonds. The lowest BCUT2D eigenvalue weighted by Crippen LogP contribution is -2.51. The van der Waals surface area contributed by atoms with Crippen LogP contribution in [0.1, 0.15) is 30.2 Å². The summed E-state index contributed by atoms with van der Waals surface area (Å²) in [4.78, 5) is 47.1. The first-order valence-corrected chi connectivity index (χ1v) is 15.6. The monoisotopic (exact) mass is 641 g/mol. The molecule has 4 heterocycles. The molecule has 2 aromatic heterocycles. The van der Waals surface area contributed by atoms with Gasteiger partial charge >= 0.3 is 0 Å². The fourth-order valence-corrected chi connectivity index (χ4v) is 5.85. The number of benzene rings is 1. The van der Waals surface area contributed by atoms with Gasteiger partial charge in [-0.2, -0.15) is 0 Å². The van der Waals surface area contributed by atoms with Crippen LogP contribution in [0.25, 0.3) is 0 Å². The molecule has 2 fully saturated rings. The summed E-state index contributed by atoms with van der Waals surface area (Å²) in [5.41, 5.74) is 8.52. The van der Waals surface area contributed by atoms with Gasteiger partial charge in [-0.3, -0.25) is 30.3 Å². The van der Waals surface area contributed by atoms with Crippen molar-refractivity contribution >= 4 is 46.9 Å². The Labute approximate surface area is 273 Å². The Morgan fingerprint density at radius 1 is 1.09 bits per heavy atom. The normalized spacial score (nSPS) is 16.8. The van der Waals surface area contributed by atoms with E-state index in [4.69, 9.17) is 16.6 Å². The minimum Gasteiger partial charge on any atom is -0.398 e. The van der Waals surface area contributed by atoms with Gasteiger partial charge < -0.3 is 25.8 Å². The predicted octanol–water partition coefficient (Wildman–Crippen LogP) is 2.21. The van der Waals surface area contributed by atoms with E-state index in [0.29, 0.717) is 74.7 Å². The third-order valence-corrected chi connectivity index (χ3v) is 8.46. The van der Waals surface area contributed by atoms with Crippen molar-refractivity contribution < 1.29 is 14.0 Å². The molecule has 0 spiro atoms. The molecule has 5 N–H and O–H groups in total. The number of carbonyl (C=O) groups excluding carboxylic acids is 2. The van der Waals surface area contributed by atoms with E-state index in [9.17, 15) is 14.0 Å². The maximum Gasteiger partial charge on any atom is 0.236 e. The van der Waals surface area contributed by atoms with E-state index < -0.39 is 5.82 Å². The Bertz CT molecular complexity index is 1640. The number of halogens is 1. The number of nitrogens with one attached hydrogen (secondary N) is 3. The second kappa shape index (κ2) is 14.9. The van der Waals surface area contributed by atoms with Crippen LogP contribution in [0, 0.1) is 22.6 Å². The van der Waals surface area contributed by atoms with Gasteiger partial charge in [-0.25, -0.2) is 14.4 Å². The highest BCUT2D eigenvalue weighted by Gasteiger charge is 2.34. The van der Waals surface area contributed by atoms with Crippen molar-refractivity contribution in [1.29, 1.82) is 10.8 Å². The summed E-state index contributed by atoms with van der Waals surface area (Å²) < 4.78 is 13.4. The second-order valence-corrected chi connectivity index (χ2v) is 11.5. The molecule has 0 saturated carbocycles. The van der Waals surface area contributed by atoms with Gasteiger partial charge in [0.15, 0.2) is 5.84 Å². The third kappa shape index (κ3) is 7.77. The van der Waals surface area contributed by atoms with E-state index in [0.717, 1.165) is 12.0 Å². The molecule has 2 saturated heterocycles. The van der Waals surface area contributed by atoms with Crippen LogP contribution in [0.15, 0.2) is 59.9 Å². The fraction of sp³-hybridized carbons (Fsp3) is 0.364. The maximum absolute atomic E-state index is 13.7. The smallest absolute Gasteiger partial charge is 0.236 e. The van der Waals surface area contributed by atoms with Crippen LogP contribution >= 0.6 is 0 Å². The predicted molar refractivity (Wildman–Crippen MR) is 181 cm³/mol. The van der Waals surface area contributed by atoms with Crippen molar-refractivity contribution in [3.63, 3.8) is 0 Å². The summed E-state index contributed by atoms with van der Waals surface area (Å²) in [5, 5.41) is 19.4. The minimum absolute atomic E-state index is 0.0410. The Morgan fingerprint density at radius 3 is 2.53 bits per heavy atom. The zero-order valence-electron chi connectivity index (χ0n) is 26.6. The molecule has 2 aliphatic heterocycles. The SMILES string of the molecule is CCN(C(=O)[C@@H]1CCN(CC(=O)N2CCN(c3ccc(C(=N)/N=C\NC)cn3)CC2)C1)c1ccc(N)c(C(=N)c2ccc(F)cn2)c1. The van der Waals surface area contributed by atoms with Gasteiger partial charge in [0.2, 0.25) is 11.8 Å². The number of nitrogen functional groups attached to an aromatic ring is 1. The van der Waals surface area contributed by atoms with E-state index in [1.165, 1.54) is 18.5 Å². The summed E-state index contributed by atoms with van der Waals surface area (Å²) >= 11 is 0. The molecule has 13 nitrogen and oxygen atoms in total. The number of hydrogen-bond donors (Lipinski definition) is 4. The first-order valence-electron chi connectivity index (χ1n) is 15.6. The number of aromatic nitrogens is 2. The van der Waals surface area contributed by atoms with E-state index in [1.807, 2.05) is 28.9 Å². The van der Waals surface area contributed by atoms with Gasteiger partial charge in [0, 0.05) is 75.0 Å². The molecule has 5 rings (SSSR count). The number of rotatable bonds is 10. The number of aliphatic imine (C=N–C) groups is 1. The standard InChI is InChI=1S/C33H40FN11O2/c1-3-45(25-6-7-27(35)26(16-25)31(36)28-8-5-24(34)18-39-28)33(47)23-10-11-42(19-23)20-30(46)44-14-12-43(13-15-44)29-9-4-22(17-40-29)32(37)41-21-38-2/h4-9,16-18,21,23,36H,3,10-15,19-20,35H2,1-2H3,(H2,37,38,41)/t23-/m1/s1. The Morgan fingerprint density at radius 2 is 1.87 bits per heavy atom. The lowest BCUT2D eigenvalue weighted by atomic mass is 10.0. The first kappa shape index (κ1) is 33.1. The highest BCUT2D eigenvalue weighted by atomic mass is 19.1. The largest absolute Gasteiger partial charge is 0.398 e. The van der Waals surface area contributed by atoms with Crippen LogP contribution in [-0.4, -0.2) is 109 Å². The molecular formula is C33H40FN11O2. The first-order chi connectivity index (χ1) is 22.7. The summed E-state index contributed by atoms with van der Waals surface area (Å²) in [6.07, 6.45) is 4.79. The molecule has 2 aliphatic rings. The summed E-state index contributed by atoms with van der Waals surface area (Å²) in [7, 11) is 1.72. The molecule has 0 radical (unpaired) electrons. The van der Waals surface area contributed by atoms with Crippen molar-refractivity contribution in [2.75, 3.05) is 74.9 Å². The van der Waals surface area contributed by atoms with Crippen molar-refractivity contribution in [2.24, 2.45) is 10.9 Å². The lowest BCUT2D eigenvalue weighted by Gasteiger charge is -2.36. The molecule has 3 aromatic rings. The van der Waals surface area contributed by atoms with E-state index in [1.54, 1.807) is 36.3 Å². The highest BCUT2D eigenvalue weighted by Crippen LogP contribution is 2.27. The van der Waals surface area contributed by atoms with Gasteiger partial charge in [-0.15, -0.1) is 0 Å². The van der Waals surface area contributed by atoms with E-state index in [2.05, 4.69) is 25.2 Å². The Hall–Kier alpha value is -5.24. The summed E-state index contributed by atoms with van der Waals surface area (Å²) in [6, 6.07) is 11.5. The number of nitrogens with two attached hydrogens (primary N) is 1. The lowest BCUT2D eigenvalue weighted by molar-refractivity contribution is -0.132. The number of amides is 2. The molecule has 0 unspecified atom stereocenters. The zero-order chi connectivity index (χ0) is 33.5. The van der Waals surface area contributed by atoms with Gasteiger partial charge in [0.25, 0.3) is 0 Å². The van der Waals surface area contributed by atoms with Crippen molar-refractivity contribution in [3.8, 4) is 0 Å². The highest BCUT2D eigenvalue weighted by molar-refractivity contribution is 6.13. The summed E-state index contributed by atoms with van der Waals surface area (Å²) in [5.74, 6) is 0.162. The number of pyridine rings is 2. The molecule has 1 aromatic carbocycles. The number of hydrogen-bond acceptors (Lipinski definition) is 9. The zero-order valence-corrected chi connectivity index (χ0v) is 26.6. The van der Waals surface area contributed by atoms with Crippen LogP contribution in [0.5, 0.6) is 0 Å². The quantitative estimate of drug-likeness (QED) is 0.148. The fourth-order valence-electron chi connectivity index (χ4n) is 5.85. The average molecular weight is 642 g/mol. The number of anilines is 3. The molecule has 14 heteroatoms. The van der Waals surface area contributed by atoms with E-state index >= 15 is 0 Å². The van der Waals surface area contributed by atoms with Crippen molar-refractivity contribution in [1.82, 2.24) is 25.1 Å². The summed E-state index contributed by atoms with van der Waals surface area (Å²) in [6.45, 7) is 6.17. The number of likely N-dealkylation sites (tertiary alicyclic amines) is 1.